The fourth-order valence-electron chi connectivity index (χ4n) is 4.89. The van der Waals surface area contributed by atoms with Crippen LogP contribution < -0.4 is 10.0 Å². The van der Waals surface area contributed by atoms with Crippen molar-refractivity contribution in [3.63, 3.8) is 0 Å². The number of benzene rings is 2. The molecule has 0 bridgehead atoms. The lowest BCUT2D eigenvalue weighted by atomic mass is 9.73. The highest BCUT2D eigenvalue weighted by molar-refractivity contribution is 7.89. The molecule has 5 rings (SSSR count). The third kappa shape index (κ3) is 4.50. The topological polar surface area (TPSA) is 111 Å². The molecule has 0 radical (unpaired) electrons. The number of dihydropyridines is 1. The largest absolute Gasteiger partial charge is 0.380 e. The highest BCUT2D eigenvalue weighted by Crippen LogP contribution is 2.40. The van der Waals surface area contributed by atoms with Gasteiger partial charge in [0.15, 0.2) is 0 Å². The zero-order chi connectivity index (χ0) is 25.5. The van der Waals surface area contributed by atoms with Crippen LogP contribution in [0.2, 0.25) is 5.02 Å². The van der Waals surface area contributed by atoms with E-state index in [2.05, 4.69) is 14.9 Å². The van der Waals surface area contributed by atoms with Crippen LogP contribution in [0.15, 0.2) is 58.6 Å². The molecule has 0 saturated carbocycles. The molecule has 11 heteroatoms. The number of hydrogen-bond donors (Lipinski definition) is 1. The maximum atomic E-state index is 15.3. The second-order valence-electron chi connectivity index (χ2n) is 9.01. The number of aliphatic imine (C=N–C) groups is 1. The molecule has 2 aliphatic heterocycles. The molecule has 1 saturated heterocycles. The molecule has 0 amide bonds. The first-order valence-electron chi connectivity index (χ1n) is 11.5. The van der Waals surface area contributed by atoms with Crippen LogP contribution in [0.25, 0.3) is 11.0 Å². The van der Waals surface area contributed by atoms with Crippen LogP contribution in [0.3, 0.4) is 0 Å². The van der Waals surface area contributed by atoms with E-state index < -0.39 is 21.3 Å². The molecule has 2 aliphatic rings. The third-order valence-corrected chi connectivity index (χ3v) is 8.18. The molecule has 3 heterocycles. The Kier molecular flexibility index (Phi) is 6.54. The molecule has 2 aromatic carbocycles. The van der Waals surface area contributed by atoms with Gasteiger partial charge in [-0.3, -0.25) is 9.98 Å². The summed E-state index contributed by atoms with van der Waals surface area (Å²) in [6, 6.07) is 7.67. The lowest BCUT2D eigenvalue weighted by Gasteiger charge is -2.33. The van der Waals surface area contributed by atoms with Gasteiger partial charge in [-0.05, 0) is 48.7 Å². The first-order valence-corrected chi connectivity index (χ1v) is 13.4. The van der Waals surface area contributed by atoms with Gasteiger partial charge in [-0.15, -0.1) is 0 Å². The Labute approximate surface area is 213 Å². The van der Waals surface area contributed by atoms with Gasteiger partial charge in [0.05, 0.1) is 40.3 Å². The van der Waals surface area contributed by atoms with Gasteiger partial charge in [-0.2, -0.15) is 0 Å². The number of rotatable bonds is 5. The number of allylic oxidation sites excluding steroid dienone is 1. The summed E-state index contributed by atoms with van der Waals surface area (Å²) >= 11 is 6.01. The van der Waals surface area contributed by atoms with Crippen LogP contribution in [0, 0.1) is 5.82 Å². The van der Waals surface area contributed by atoms with Crippen molar-refractivity contribution >= 4 is 44.7 Å². The number of methoxy groups -OCH3 is 1. The fourth-order valence-corrected chi connectivity index (χ4v) is 5.98. The Balaban J connectivity index is 1.60. The average molecular weight is 530 g/mol. The van der Waals surface area contributed by atoms with Gasteiger partial charge in [-0.25, -0.2) is 22.9 Å². The van der Waals surface area contributed by atoms with E-state index in [9.17, 15) is 8.42 Å². The summed E-state index contributed by atoms with van der Waals surface area (Å²) in [4.78, 5) is 15.6. The average Bonchev–Trinajstić information content (AvgIpc) is 2.87. The molecule has 36 heavy (non-hydrogen) atoms. The second kappa shape index (κ2) is 9.51. The fraction of sp³-hybridized carbons (Fsp3) is 0.320. The summed E-state index contributed by atoms with van der Waals surface area (Å²) in [5, 5.41) is 5.07. The molecule has 8 nitrogen and oxygen atoms in total. The number of hydrogen-bond acceptors (Lipinski definition) is 7. The van der Waals surface area contributed by atoms with Gasteiger partial charge in [-0.1, -0.05) is 23.7 Å². The Hall–Kier alpha value is -2.92. The second-order valence-corrected chi connectivity index (χ2v) is 10.9. The van der Waals surface area contributed by atoms with E-state index in [1.54, 1.807) is 31.7 Å². The minimum Gasteiger partial charge on any atom is -0.380 e. The van der Waals surface area contributed by atoms with Crippen molar-refractivity contribution in [3.8, 4) is 0 Å². The van der Waals surface area contributed by atoms with Gasteiger partial charge in [0, 0.05) is 32.0 Å². The molecule has 0 aliphatic carbocycles. The normalized spacial score (nSPS) is 22.3. The van der Waals surface area contributed by atoms with Crippen LogP contribution >= 0.6 is 11.6 Å². The lowest BCUT2D eigenvalue weighted by molar-refractivity contribution is 0.0891. The van der Waals surface area contributed by atoms with Gasteiger partial charge < -0.3 is 9.64 Å². The van der Waals surface area contributed by atoms with Crippen molar-refractivity contribution in [2.24, 2.45) is 10.1 Å². The highest BCUT2D eigenvalue weighted by atomic mass is 35.5. The molecule has 1 fully saturated rings. The molecule has 2 unspecified atom stereocenters. The Bertz CT molecular complexity index is 1500. The molecule has 0 spiro atoms. The smallest absolute Gasteiger partial charge is 0.239 e. The summed E-state index contributed by atoms with van der Waals surface area (Å²) in [5.74, 6) is 0.115. The van der Waals surface area contributed by atoms with E-state index in [1.165, 1.54) is 6.07 Å². The van der Waals surface area contributed by atoms with Crippen molar-refractivity contribution in [2.45, 2.75) is 29.3 Å². The van der Waals surface area contributed by atoms with Crippen molar-refractivity contribution in [2.75, 3.05) is 31.6 Å². The van der Waals surface area contributed by atoms with Gasteiger partial charge in [0.25, 0.3) is 0 Å². The Morgan fingerprint density at radius 1 is 1.25 bits per heavy atom. The Morgan fingerprint density at radius 2 is 2.08 bits per heavy atom. The number of aromatic nitrogens is 2. The Morgan fingerprint density at radius 3 is 2.81 bits per heavy atom. The maximum absolute atomic E-state index is 15.3. The monoisotopic (exact) mass is 529 g/mol. The van der Waals surface area contributed by atoms with Gasteiger partial charge in [0.2, 0.25) is 10.0 Å². The summed E-state index contributed by atoms with van der Waals surface area (Å²) in [5.41, 5.74) is 1.02. The SMILES string of the molecule is COC1CCCN(c2cnc3cc(C4(c5cc(S(N)(=O)=O)c(Cl)cc5F)C=CC=NC4)ccc3n2)C1. The van der Waals surface area contributed by atoms with E-state index in [1.807, 2.05) is 18.2 Å². The standard InChI is InChI=1S/C25H25ClFN5O3S/c1-35-17-4-2-9-32(14-17)24-13-30-22-10-16(5-6-21(22)31-24)25(7-3-8-29-15-25)18-11-23(36(28,33)34)19(26)12-20(18)27/h3,5-8,10-13,17H,2,4,9,14-15H2,1H3,(H2,28,33,34). The van der Waals surface area contributed by atoms with Gasteiger partial charge in [0.1, 0.15) is 16.5 Å². The minimum atomic E-state index is -4.17. The minimum absolute atomic E-state index is 0.104. The number of anilines is 1. The van der Waals surface area contributed by atoms with Crippen molar-refractivity contribution in [1.29, 1.82) is 0 Å². The predicted octanol–water partition coefficient (Wildman–Crippen LogP) is 3.61. The maximum Gasteiger partial charge on any atom is 0.239 e. The number of piperidine rings is 1. The van der Waals surface area contributed by atoms with Crippen molar-refractivity contribution < 1.29 is 17.5 Å². The van der Waals surface area contributed by atoms with Crippen molar-refractivity contribution in [3.05, 3.63) is 70.6 Å². The van der Waals surface area contributed by atoms with E-state index >= 15 is 4.39 Å². The first-order chi connectivity index (χ1) is 17.2. The quantitative estimate of drug-likeness (QED) is 0.540. The molecular weight excluding hydrogens is 505 g/mol. The number of halogens is 2. The van der Waals surface area contributed by atoms with E-state index in [-0.39, 0.29) is 28.1 Å². The number of sulfonamides is 1. The zero-order valence-electron chi connectivity index (χ0n) is 19.6. The molecule has 3 aromatic rings. The molecule has 2 atom stereocenters. The molecule has 1 aromatic heterocycles. The zero-order valence-corrected chi connectivity index (χ0v) is 21.1. The van der Waals surface area contributed by atoms with E-state index in [0.717, 1.165) is 37.8 Å². The predicted molar refractivity (Wildman–Crippen MR) is 138 cm³/mol. The molecule has 2 N–H and O–H groups in total. The van der Waals surface area contributed by atoms with Crippen LogP contribution in [0.5, 0.6) is 0 Å². The summed E-state index contributed by atoms with van der Waals surface area (Å²) < 4.78 is 45.1. The summed E-state index contributed by atoms with van der Waals surface area (Å²) in [7, 11) is -2.45. The summed E-state index contributed by atoms with van der Waals surface area (Å²) in [6.07, 6.45) is 9.04. The number of ether oxygens (including phenoxy) is 1. The van der Waals surface area contributed by atoms with Crippen LogP contribution in [0.1, 0.15) is 24.0 Å². The number of nitrogens with two attached hydrogens (primary N) is 1. The molecular formula is C25H25ClFN5O3S. The van der Waals surface area contributed by atoms with Crippen LogP contribution in [-0.4, -0.2) is 57.4 Å². The third-order valence-electron chi connectivity index (χ3n) is 6.80. The summed E-state index contributed by atoms with van der Waals surface area (Å²) in [6.45, 7) is 1.80. The lowest BCUT2D eigenvalue weighted by Crippen LogP contribution is -2.39. The molecule has 188 valence electrons. The number of fused-ring (bicyclic) bond motifs is 1. The van der Waals surface area contributed by atoms with Gasteiger partial charge >= 0.3 is 0 Å². The number of nitrogens with zero attached hydrogens (tertiary/aromatic N) is 4. The van der Waals surface area contributed by atoms with Crippen LogP contribution in [0.4, 0.5) is 10.2 Å². The van der Waals surface area contributed by atoms with E-state index in [0.29, 0.717) is 16.6 Å². The van der Waals surface area contributed by atoms with E-state index in [4.69, 9.17) is 26.5 Å². The number of primary sulfonamides is 1. The van der Waals surface area contributed by atoms with Crippen molar-refractivity contribution in [1.82, 2.24) is 9.97 Å². The van der Waals surface area contributed by atoms with Crippen LogP contribution in [-0.2, 0) is 20.2 Å². The highest BCUT2D eigenvalue weighted by Gasteiger charge is 2.37. The first kappa shape index (κ1) is 24.8.